The minimum Gasteiger partial charge on any atom is -0.465 e. The number of rotatable bonds is 6. The van der Waals surface area contributed by atoms with Crippen molar-refractivity contribution in [3.8, 4) is 0 Å². The first kappa shape index (κ1) is 19.3. The number of carbonyl (C=O) groups is 3. The molecule has 2 aromatic rings. The monoisotopic (exact) mass is 379 g/mol. The Balaban J connectivity index is 2.14. The van der Waals surface area contributed by atoms with Gasteiger partial charge in [-0.15, -0.1) is 0 Å². The van der Waals surface area contributed by atoms with Gasteiger partial charge in [-0.05, 0) is 37.6 Å². The number of ketones is 1. The number of aromatic amines is 1. The Hall–Kier alpha value is -3.48. The molecular weight excluding hydrogens is 358 g/mol. The summed E-state index contributed by atoms with van der Waals surface area (Å²) < 4.78 is 4.98. The number of allylic oxidation sites excluding steroid dienone is 3. The van der Waals surface area contributed by atoms with Crippen LogP contribution in [0.15, 0.2) is 61.0 Å². The zero-order valence-electron chi connectivity index (χ0n) is 15.7. The summed E-state index contributed by atoms with van der Waals surface area (Å²) in [7, 11) is 0. The molecule has 1 aromatic carbocycles. The lowest BCUT2D eigenvalue weighted by molar-refractivity contribution is -0.152. The molecule has 2 heterocycles. The molecule has 7 heteroatoms. The molecule has 3 rings (SSSR count). The smallest absolute Gasteiger partial charge is 0.326 e. The molecule has 1 aliphatic heterocycles. The van der Waals surface area contributed by atoms with Crippen LogP contribution < -0.4 is 4.90 Å². The Labute approximate surface area is 162 Å². The maximum absolute atomic E-state index is 13.1. The van der Waals surface area contributed by atoms with Gasteiger partial charge in [0.15, 0.2) is 11.7 Å². The minimum atomic E-state index is -1.49. The van der Waals surface area contributed by atoms with Crippen molar-refractivity contribution in [1.29, 1.82) is 0 Å². The van der Waals surface area contributed by atoms with Crippen molar-refractivity contribution in [1.82, 2.24) is 9.97 Å². The number of hydrogen-bond acceptors (Lipinski definition) is 5. The molecule has 0 radical (unpaired) electrons. The number of imidazole rings is 1. The summed E-state index contributed by atoms with van der Waals surface area (Å²) in [6, 6.07) is 4.24. The van der Waals surface area contributed by atoms with Crippen LogP contribution >= 0.6 is 0 Å². The average Bonchev–Trinajstić information content (AvgIpc) is 3.23. The van der Waals surface area contributed by atoms with Crippen LogP contribution in [0.25, 0.3) is 11.0 Å². The molecular formula is C21H21N3O4. The fourth-order valence-electron chi connectivity index (χ4n) is 3.35. The summed E-state index contributed by atoms with van der Waals surface area (Å²) in [5, 5.41) is 0. The van der Waals surface area contributed by atoms with Crippen LogP contribution in [0.2, 0.25) is 0 Å². The number of carbonyl (C=O) groups excluding carboxylic acids is 3. The largest absolute Gasteiger partial charge is 0.465 e. The highest BCUT2D eigenvalue weighted by Gasteiger charge is 2.53. The van der Waals surface area contributed by atoms with E-state index in [9.17, 15) is 14.4 Å². The van der Waals surface area contributed by atoms with E-state index in [1.807, 2.05) is 6.92 Å². The standard InChI is InChI=1S/C21H21N3O4/c1-4-7-13(8-5-2)18-19(25)17(21(27)28-6-3)20(26)24(18)14-9-10-15-16(11-14)23-12-22-15/h4-5,7-12,17-18H,1,6H2,2-3H3,(H,22,23)/b8-5-,13-7+. The van der Waals surface area contributed by atoms with E-state index in [2.05, 4.69) is 16.5 Å². The van der Waals surface area contributed by atoms with E-state index in [0.29, 0.717) is 11.3 Å². The van der Waals surface area contributed by atoms with Gasteiger partial charge in [-0.1, -0.05) is 30.9 Å². The van der Waals surface area contributed by atoms with Crippen LogP contribution in [0.3, 0.4) is 0 Å². The number of fused-ring (bicyclic) bond motifs is 1. The number of benzene rings is 1. The van der Waals surface area contributed by atoms with Crippen LogP contribution in [-0.4, -0.2) is 40.3 Å². The topological polar surface area (TPSA) is 92.4 Å². The van der Waals surface area contributed by atoms with Gasteiger partial charge in [0.25, 0.3) is 0 Å². The molecule has 0 saturated carbocycles. The number of esters is 1. The van der Waals surface area contributed by atoms with Gasteiger partial charge in [-0.3, -0.25) is 19.3 Å². The summed E-state index contributed by atoms with van der Waals surface area (Å²) in [5.74, 6) is -3.43. The fourth-order valence-corrected chi connectivity index (χ4v) is 3.35. The van der Waals surface area contributed by atoms with Crippen LogP contribution in [0.4, 0.5) is 5.69 Å². The third-order valence-corrected chi connectivity index (χ3v) is 4.49. The van der Waals surface area contributed by atoms with Crippen molar-refractivity contribution in [3.05, 3.63) is 61.0 Å². The van der Waals surface area contributed by atoms with E-state index >= 15 is 0 Å². The molecule has 144 valence electrons. The van der Waals surface area contributed by atoms with Gasteiger partial charge in [0.2, 0.25) is 5.91 Å². The van der Waals surface area contributed by atoms with E-state index < -0.39 is 29.6 Å². The average molecular weight is 379 g/mol. The summed E-state index contributed by atoms with van der Waals surface area (Å²) in [6.07, 6.45) is 8.24. The number of aromatic nitrogens is 2. The molecule has 0 bridgehead atoms. The third kappa shape index (κ3) is 3.26. The van der Waals surface area contributed by atoms with E-state index in [4.69, 9.17) is 4.74 Å². The van der Waals surface area contributed by atoms with E-state index in [0.717, 1.165) is 11.0 Å². The Kier molecular flexibility index (Phi) is 5.54. The molecule has 0 spiro atoms. The third-order valence-electron chi connectivity index (χ3n) is 4.49. The second kappa shape index (κ2) is 8.04. The molecule has 1 aromatic heterocycles. The maximum Gasteiger partial charge on any atom is 0.326 e. The van der Waals surface area contributed by atoms with Gasteiger partial charge < -0.3 is 9.72 Å². The highest BCUT2D eigenvalue weighted by molar-refractivity contribution is 6.30. The highest BCUT2D eigenvalue weighted by atomic mass is 16.5. The summed E-state index contributed by atoms with van der Waals surface area (Å²) in [5.41, 5.74) is 2.51. The number of hydrogen-bond donors (Lipinski definition) is 1. The molecule has 1 saturated heterocycles. The predicted molar refractivity (Wildman–Crippen MR) is 106 cm³/mol. The molecule has 1 amide bonds. The van der Waals surface area contributed by atoms with Gasteiger partial charge in [-0.2, -0.15) is 0 Å². The van der Waals surface area contributed by atoms with Crippen molar-refractivity contribution in [2.24, 2.45) is 5.92 Å². The van der Waals surface area contributed by atoms with E-state index in [1.54, 1.807) is 55.8 Å². The molecule has 1 fully saturated rings. The van der Waals surface area contributed by atoms with Gasteiger partial charge in [0, 0.05) is 5.69 Å². The lowest BCUT2D eigenvalue weighted by Gasteiger charge is -2.24. The molecule has 7 nitrogen and oxygen atoms in total. The van der Waals surface area contributed by atoms with E-state index in [-0.39, 0.29) is 6.61 Å². The minimum absolute atomic E-state index is 0.0882. The quantitative estimate of drug-likeness (QED) is 0.473. The fraction of sp³-hybridized carbons (Fsp3) is 0.238. The maximum atomic E-state index is 13.1. The van der Waals surface area contributed by atoms with E-state index in [1.165, 1.54) is 4.90 Å². The van der Waals surface area contributed by atoms with Crippen molar-refractivity contribution in [2.75, 3.05) is 11.5 Å². The number of nitrogens with one attached hydrogen (secondary N) is 1. The summed E-state index contributed by atoms with van der Waals surface area (Å²) in [4.78, 5) is 47.1. The number of anilines is 1. The van der Waals surface area contributed by atoms with Gasteiger partial charge in [-0.25, -0.2) is 4.98 Å². The Morgan fingerprint density at radius 3 is 2.86 bits per heavy atom. The van der Waals surface area contributed by atoms with Crippen molar-refractivity contribution >= 4 is 34.4 Å². The first-order valence-corrected chi connectivity index (χ1v) is 8.95. The van der Waals surface area contributed by atoms with Crippen molar-refractivity contribution in [2.45, 2.75) is 19.9 Å². The first-order chi connectivity index (χ1) is 13.5. The second-order valence-electron chi connectivity index (χ2n) is 6.20. The Morgan fingerprint density at radius 1 is 1.39 bits per heavy atom. The number of nitrogens with zero attached hydrogens (tertiary/aromatic N) is 2. The molecule has 2 unspecified atom stereocenters. The van der Waals surface area contributed by atoms with Crippen molar-refractivity contribution in [3.63, 3.8) is 0 Å². The molecule has 0 aliphatic carbocycles. The van der Waals surface area contributed by atoms with Crippen LogP contribution in [0, 0.1) is 5.92 Å². The lowest BCUT2D eigenvalue weighted by Crippen LogP contribution is -2.36. The molecule has 28 heavy (non-hydrogen) atoms. The lowest BCUT2D eigenvalue weighted by atomic mass is 9.97. The molecule has 1 N–H and O–H groups in total. The zero-order valence-corrected chi connectivity index (χ0v) is 15.7. The SMILES string of the molecule is C=C/C=C(\C=C/C)C1C(=O)C(C(=O)OCC)C(=O)N1c1ccc2nc[nH]c2c1. The van der Waals surface area contributed by atoms with Crippen LogP contribution in [0.5, 0.6) is 0 Å². The Morgan fingerprint density at radius 2 is 2.18 bits per heavy atom. The summed E-state index contributed by atoms with van der Waals surface area (Å²) in [6.45, 7) is 7.21. The van der Waals surface area contributed by atoms with Crippen LogP contribution in [-0.2, 0) is 19.1 Å². The number of H-pyrrole nitrogens is 1. The Bertz CT molecular complexity index is 1000. The second-order valence-corrected chi connectivity index (χ2v) is 6.20. The predicted octanol–water partition coefficient (Wildman–Crippen LogP) is 2.72. The number of amides is 1. The first-order valence-electron chi connectivity index (χ1n) is 8.95. The van der Waals surface area contributed by atoms with Gasteiger partial charge >= 0.3 is 5.97 Å². The normalized spacial score (nSPS) is 20.4. The summed E-state index contributed by atoms with van der Waals surface area (Å²) >= 11 is 0. The molecule has 1 aliphatic rings. The number of Topliss-reactive ketones (excluding diaryl/α,β-unsaturated/α-hetero) is 1. The molecule has 2 atom stereocenters. The highest BCUT2D eigenvalue weighted by Crippen LogP contribution is 2.34. The van der Waals surface area contributed by atoms with Gasteiger partial charge in [0.1, 0.15) is 6.04 Å². The number of ether oxygens (including phenoxy) is 1. The van der Waals surface area contributed by atoms with Crippen molar-refractivity contribution < 1.29 is 19.1 Å². The van der Waals surface area contributed by atoms with Gasteiger partial charge in [0.05, 0.1) is 24.0 Å². The zero-order chi connectivity index (χ0) is 20.3. The van der Waals surface area contributed by atoms with Crippen LogP contribution in [0.1, 0.15) is 13.8 Å².